The maximum Gasteiger partial charge on any atom is 0.157 e. The average molecular weight is 261 g/mol. The van der Waals surface area contributed by atoms with E-state index in [1.807, 2.05) is 12.1 Å². The van der Waals surface area contributed by atoms with Crippen molar-refractivity contribution in [3.05, 3.63) is 18.3 Å². The molecule has 6 nitrogen and oxygen atoms in total. The number of ketones is 1. The van der Waals surface area contributed by atoms with E-state index >= 15 is 0 Å². The molecule has 1 N–H and O–H groups in total. The molecule has 0 bridgehead atoms. The molecule has 1 aliphatic heterocycles. The van der Waals surface area contributed by atoms with Gasteiger partial charge in [-0.2, -0.15) is 5.10 Å². The molecule has 100 valence electrons. The Kier molecular flexibility index (Phi) is 2.63. The number of aldehydes is 1. The lowest BCUT2D eigenvalue weighted by Crippen LogP contribution is -2.38. The first-order valence-corrected chi connectivity index (χ1v) is 6.35. The fraction of sp³-hybridized carbons (Fsp3) is 0.538. The maximum absolute atomic E-state index is 12.0. The summed E-state index contributed by atoms with van der Waals surface area (Å²) in [6.45, 7) is 0.931. The van der Waals surface area contributed by atoms with Gasteiger partial charge in [-0.3, -0.25) is 4.79 Å². The zero-order valence-electron chi connectivity index (χ0n) is 10.5. The first kappa shape index (κ1) is 12.2. The highest BCUT2D eigenvalue weighted by Crippen LogP contribution is 2.63. The molecular weight excluding hydrogens is 246 g/mol. The smallest absolute Gasteiger partial charge is 0.157 e. The summed E-state index contributed by atoms with van der Waals surface area (Å²) in [4.78, 5) is 25.2. The van der Waals surface area contributed by atoms with Gasteiger partial charge < -0.3 is 14.8 Å². The number of hydrogen-bond donors (Lipinski definition) is 1. The number of carbonyl (C=O) groups is 2. The van der Waals surface area contributed by atoms with Crippen molar-refractivity contribution in [2.45, 2.75) is 12.8 Å². The lowest BCUT2D eigenvalue weighted by Gasteiger charge is -2.33. The largest absolute Gasteiger partial charge is 0.395 e. The van der Waals surface area contributed by atoms with Gasteiger partial charge in [-0.15, -0.1) is 5.10 Å². The Morgan fingerprint density at radius 1 is 1.42 bits per heavy atom. The van der Waals surface area contributed by atoms with Gasteiger partial charge in [0.2, 0.25) is 0 Å². The fourth-order valence-corrected chi connectivity index (χ4v) is 3.24. The number of aliphatic hydroxyl groups excluding tert-OH is 1. The molecule has 1 spiro atoms. The van der Waals surface area contributed by atoms with Crippen LogP contribution in [0.25, 0.3) is 0 Å². The number of carbonyl (C=O) groups excluding carboxylic acids is 2. The third-order valence-electron chi connectivity index (χ3n) is 4.58. The van der Waals surface area contributed by atoms with Crippen LogP contribution < -0.4 is 4.90 Å². The Labute approximate surface area is 110 Å². The highest BCUT2D eigenvalue weighted by atomic mass is 16.3. The van der Waals surface area contributed by atoms with Crippen LogP contribution in [0.2, 0.25) is 0 Å². The Hall–Kier alpha value is -1.82. The lowest BCUT2D eigenvalue weighted by atomic mass is 9.85. The van der Waals surface area contributed by atoms with E-state index in [2.05, 4.69) is 15.1 Å². The standard InChI is InChI=1S/C13H15N3O3/c17-8-13(9-18)11(19)12(13)3-6-16(7-4-12)10-2-1-5-14-15-10/h1-2,5,8,18H,3-4,6-7,9H2. The van der Waals surface area contributed by atoms with E-state index < -0.39 is 10.8 Å². The van der Waals surface area contributed by atoms with Crippen molar-refractivity contribution >= 4 is 17.9 Å². The van der Waals surface area contributed by atoms with Crippen molar-refractivity contribution < 1.29 is 14.7 Å². The highest BCUT2D eigenvalue weighted by Gasteiger charge is 2.77. The van der Waals surface area contributed by atoms with Crippen LogP contribution in [-0.2, 0) is 9.59 Å². The van der Waals surface area contributed by atoms with Crippen LogP contribution >= 0.6 is 0 Å². The van der Waals surface area contributed by atoms with Crippen LogP contribution in [0.5, 0.6) is 0 Å². The van der Waals surface area contributed by atoms with Crippen LogP contribution in [0.3, 0.4) is 0 Å². The molecule has 1 saturated heterocycles. The summed E-state index contributed by atoms with van der Waals surface area (Å²) in [7, 11) is 0. The zero-order valence-corrected chi connectivity index (χ0v) is 10.5. The summed E-state index contributed by atoms with van der Waals surface area (Å²) in [5.41, 5.74) is -1.77. The topological polar surface area (TPSA) is 83.4 Å². The molecule has 2 heterocycles. The van der Waals surface area contributed by atoms with Gasteiger partial charge in [-0.05, 0) is 25.0 Å². The van der Waals surface area contributed by atoms with Crippen molar-refractivity contribution in [3.63, 3.8) is 0 Å². The van der Waals surface area contributed by atoms with Gasteiger partial charge in [0.05, 0.1) is 12.0 Å². The van der Waals surface area contributed by atoms with Crippen LogP contribution in [0.1, 0.15) is 12.8 Å². The summed E-state index contributed by atoms with van der Waals surface area (Å²) in [5.74, 6) is 0.683. The number of piperidine rings is 1. The average Bonchev–Trinajstić information content (AvgIpc) is 2.98. The molecule has 0 aromatic carbocycles. The van der Waals surface area contributed by atoms with E-state index in [1.54, 1.807) is 6.20 Å². The van der Waals surface area contributed by atoms with Gasteiger partial charge in [0.1, 0.15) is 11.7 Å². The number of nitrogens with zero attached hydrogens (tertiary/aromatic N) is 3. The van der Waals surface area contributed by atoms with Gasteiger partial charge in [0, 0.05) is 19.3 Å². The van der Waals surface area contributed by atoms with Crippen molar-refractivity contribution in [2.75, 3.05) is 24.6 Å². The van der Waals surface area contributed by atoms with Crippen LogP contribution in [-0.4, -0.2) is 47.1 Å². The van der Waals surface area contributed by atoms with E-state index in [4.69, 9.17) is 0 Å². The van der Waals surface area contributed by atoms with Crippen LogP contribution in [0.15, 0.2) is 18.3 Å². The molecule has 1 unspecified atom stereocenters. The van der Waals surface area contributed by atoms with Crippen LogP contribution in [0, 0.1) is 10.8 Å². The van der Waals surface area contributed by atoms with Gasteiger partial charge >= 0.3 is 0 Å². The van der Waals surface area contributed by atoms with Crippen molar-refractivity contribution in [1.29, 1.82) is 0 Å². The molecular formula is C13H15N3O3. The summed E-state index contributed by atoms with van der Waals surface area (Å²) >= 11 is 0. The Balaban J connectivity index is 1.75. The lowest BCUT2D eigenvalue weighted by molar-refractivity contribution is -0.120. The number of aliphatic hydroxyl groups is 1. The monoisotopic (exact) mass is 261 g/mol. The van der Waals surface area contributed by atoms with Gasteiger partial charge in [-0.25, -0.2) is 0 Å². The minimum absolute atomic E-state index is 0.101. The van der Waals surface area contributed by atoms with Crippen molar-refractivity contribution in [3.8, 4) is 0 Å². The Morgan fingerprint density at radius 2 is 2.16 bits per heavy atom. The number of Topliss-reactive ketones (excluding diaryl/α,β-unsaturated/α-hetero) is 1. The molecule has 2 aliphatic rings. The van der Waals surface area contributed by atoms with E-state index in [1.165, 1.54) is 0 Å². The van der Waals surface area contributed by atoms with E-state index in [-0.39, 0.29) is 12.4 Å². The highest BCUT2D eigenvalue weighted by molar-refractivity contribution is 6.19. The summed E-state index contributed by atoms with van der Waals surface area (Å²) in [5, 5.41) is 17.2. The second kappa shape index (κ2) is 4.09. The minimum atomic E-state index is -1.14. The predicted molar refractivity (Wildman–Crippen MR) is 66.5 cm³/mol. The summed E-state index contributed by atoms with van der Waals surface area (Å²) in [6, 6.07) is 3.69. The molecule has 1 atom stereocenters. The number of rotatable bonds is 3. The maximum atomic E-state index is 12.0. The van der Waals surface area contributed by atoms with Crippen molar-refractivity contribution in [1.82, 2.24) is 10.2 Å². The second-order valence-corrected chi connectivity index (χ2v) is 5.23. The number of hydrogen-bond acceptors (Lipinski definition) is 6. The summed E-state index contributed by atoms with van der Waals surface area (Å²) in [6.07, 6.45) is 3.42. The normalized spacial score (nSPS) is 28.5. The van der Waals surface area contributed by atoms with E-state index in [9.17, 15) is 14.7 Å². The van der Waals surface area contributed by atoms with Crippen LogP contribution in [0.4, 0.5) is 5.82 Å². The fourth-order valence-electron chi connectivity index (χ4n) is 3.24. The molecule has 1 aliphatic carbocycles. The molecule has 1 aromatic heterocycles. The number of anilines is 1. The molecule has 1 aromatic rings. The minimum Gasteiger partial charge on any atom is -0.395 e. The first-order chi connectivity index (χ1) is 9.20. The molecule has 19 heavy (non-hydrogen) atoms. The molecule has 0 radical (unpaired) electrons. The number of aromatic nitrogens is 2. The summed E-state index contributed by atoms with van der Waals surface area (Å²) < 4.78 is 0. The SMILES string of the molecule is O=CC1(CO)C(=O)C12CCN(c1cccnn1)CC2. The molecule has 1 saturated carbocycles. The van der Waals surface area contributed by atoms with Crippen molar-refractivity contribution in [2.24, 2.45) is 10.8 Å². The predicted octanol–water partition coefficient (Wildman–Crippen LogP) is -0.177. The Bertz CT molecular complexity index is 511. The van der Waals surface area contributed by atoms with Gasteiger partial charge in [0.25, 0.3) is 0 Å². The molecule has 2 fully saturated rings. The third kappa shape index (κ3) is 1.46. The zero-order chi connectivity index (χ0) is 13.5. The quantitative estimate of drug-likeness (QED) is 0.600. The second-order valence-electron chi connectivity index (χ2n) is 5.23. The molecule has 0 amide bonds. The van der Waals surface area contributed by atoms with E-state index in [0.717, 1.165) is 5.82 Å². The first-order valence-electron chi connectivity index (χ1n) is 6.35. The molecule has 3 rings (SSSR count). The van der Waals surface area contributed by atoms with Gasteiger partial charge in [-0.1, -0.05) is 0 Å². The third-order valence-corrected chi connectivity index (χ3v) is 4.58. The van der Waals surface area contributed by atoms with E-state index in [0.29, 0.717) is 32.2 Å². The molecule has 6 heteroatoms. The van der Waals surface area contributed by atoms with Gasteiger partial charge in [0.15, 0.2) is 11.6 Å². The Morgan fingerprint density at radius 3 is 2.63 bits per heavy atom.